The third kappa shape index (κ3) is 43.3. The predicted octanol–water partition coefficient (Wildman–Crippen LogP) is 11.4. The van der Waals surface area contributed by atoms with Crippen LogP contribution >= 0.6 is 7.82 Å². The fourth-order valence-corrected chi connectivity index (χ4v) is 6.40. The van der Waals surface area contributed by atoms with Crippen molar-refractivity contribution in [3.8, 4) is 0 Å². The van der Waals surface area contributed by atoms with Crippen LogP contribution in [0.25, 0.3) is 0 Å². The Morgan fingerprint density at radius 3 is 1.71 bits per heavy atom. The van der Waals surface area contributed by atoms with Gasteiger partial charge < -0.3 is 33.0 Å². The summed E-state index contributed by atoms with van der Waals surface area (Å²) in [6, 6.07) is 0. The van der Waals surface area contributed by atoms with Crippen LogP contribution in [-0.4, -0.2) is 81.2 Å². The second kappa shape index (κ2) is 39.5. The number of aliphatic hydroxyl groups excluding tert-OH is 1. The van der Waals surface area contributed by atoms with Crippen molar-refractivity contribution in [3.63, 3.8) is 0 Å². The maximum Gasteiger partial charge on any atom is 0.306 e. The summed E-state index contributed by atoms with van der Waals surface area (Å²) in [5.74, 6) is -1.05. The van der Waals surface area contributed by atoms with Crippen LogP contribution in [0.2, 0.25) is 0 Å². The highest BCUT2D eigenvalue weighted by Crippen LogP contribution is 2.38. The Hall–Kier alpha value is -2.59. The zero-order valence-electron chi connectivity index (χ0n) is 37.8. The standard InChI is InChI=1S/C48H84NO9P/c1-6-8-10-12-14-16-18-20-21-22-23-25-27-29-31-33-35-39-47(51)55-43-46(44-57-59(53,54)56-42-41-49(3,4)5)58-48(52)40-36-38-45(50)37-34-32-30-28-26-24-19-17-15-13-11-9-7-2/h14-17,20-21,24,26,30,32,34,37,45-46,50H,6-13,18-19,22-23,25,27-29,31,33,35-36,38-44H2,1-5H3/b16-14-,17-15-,21-20-,26-24-,32-30-,37-34+/t45-,46+/m0/s1. The zero-order valence-corrected chi connectivity index (χ0v) is 38.7. The van der Waals surface area contributed by atoms with Crippen molar-refractivity contribution in [2.24, 2.45) is 0 Å². The van der Waals surface area contributed by atoms with Gasteiger partial charge in [0.25, 0.3) is 7.82 Å². The zero-order chi connectivity index (χ0) is 43.7. The molecule has 0 rings (SSSR count). The number of allylic oxidation sites excluding steroid dienone is 11. The van der Waals surface area contributed by atoms with Crippen molar-refractivity contribution in [1.29, 1.82) is 0 Å². The van der Waals surface area contributed by atoms with Crippen LogP contribution in [-0.2, 0) is 32.7 Å². The van der Waals surface area contributed by atoms with Crippen LogP contribution < -0.4 is 4.89 Å². The summed E-state index contributed by atoms with van der Waals surface area (Å²) in [6.45, 7) is 3.92. The van der Waals surface area contributed by atoms with Gasteiger partial charge in [0.15, 0.2) is 6.10 Å². The Morgan fingerprint density at radius 1 is 0.627 bits per heavy atom. The Kier molecular flexibility index (Phi) is 37.8. The SMILES string of the molecule is CCCCC/C=C\C/C=C\C/C=C\C=C\[C@H](O)CCCC(=O)O[C@H](COC(=O)CCCCCCCCC/C=C\C/C=C\CCCCC)COP(=O)([O-])OCC[N+](C)(C)C. The molecule has 0 saturated carbocycles. The van der Waals surface area contributed by atoms with E-state index in [0.717, 1.165) is 51.4 Å². The van der Waals surface area contributed by atoms with Crippen LogP contribution in [0.15, 0.2) is 72.9 Å². The maximum atomic E-state index is 12.7. The molecule has 0 aromatic heterocycles. The van der Waals surface area contributed by atoms with Gasteiger partial charge in [-0.1, -0.05) is 145 Å². The second-order valence-electron chi connectivity index (χ2n) is 16.3. The van der Waals surface area contributed by atoms with Crippen molar-refractivity contribution in [2.75, 3.05) is 47.5 Å². The fourth-order valence-electron chi connectivity index (χ4n) is 5.67. The molecule has 0 spiro atoms. The number of hydrogen-bond acceptors (Lipinski definition) is 9. The molecule has 1 N–H and O–H groups in total. The van der Waals surface area contributed by atoms with E-state index in [-0.39, 0.29) is 26.1 Å². The molecule has 0 aliphatic heterocycles. The van der Waals surface area contributed by atoms with Crippen molar-refractivity contribution in [3.05, 3.63) is 72.9 Å². The van der Waals surface area contributed by atoms with Gasteiger partial charge in [-0.15, -0.1) is 0 Å². The van der Waals surface area contributed by atoms with E-state index >= 15 is 0 Å². The quantitative estimate of drug-likeness (QED) is 0.0160. The number of likely N-dealkylation sites (N-methyl/N-ethyl adjacent to an activating group) is 1. The summed E-state index contributed by atoms with van der Waals surface area (Å²) >= 11 is 0. The summed E-state index contributed by atoms with van der Waals surface area (Å²) in [5, 5.41) is 10.3. The summed E-state index contributed by atoms with van der Waals surface area (Å²) in [6.07, 6.45) is 45.3. The van der Waals surface area contributed by atoms with Crippen LogP contribution in [0.3, 0.4) is 0 Å². The number of carbonyl (C=O) groups excluding carboxylic acids is 2. The molecule has 0 aliphatic rings. The first kappa shape index (κ1) is 56.4. The topological polar surface area (TPSA) is 131 Å². The second-order valence-corrected chi connectivity index (χ2v) is 17.7. The minimum absolute atomic E-state index is 0.00832. The molecule has 0 aromatic carbocycles. The van der Waals surface area contributed by atoms with Gasteiger partial charge in [-0.2, -0.15) is 0 Å². The Balaban J connectivity index is 4.56. The van der Waals surface area contributed by atoms with Crippen LogP contribution in [0.4, 0.5) is 0 Å². The highest BCUT2D eigenvalue weighted by Gasteiger charge is 2.22. The van der Waals surface area contributed by atoms with E-state index < -0.39 is 38.6 Å². The molecule has 0 radical (unpaired) electrons. The molecular weight excluding hydrogens is 766 g/mol. The number of carbonyl (C=O) groups is 2. The van der Waals surface area contributed by atoms with Crippen molar-refractivity contribution in [2.45, 2.75) is 174 Å². The van der Waals surface area contributed by atoms with Gasteiger partial charge in [0.2, 0.25) is 0 Å². The lowest BCUT2D eigenvalue weighted by Gasteiger charge is -2.28. The van der Waals surface area contributed by atoms with Crippen molar-refractivity contribution in [1.82, 2.24) is 0 Å². The van der Waals surface area contributed by atoms with Gasteiger partial charge in [0.05, 0.1) is 33.9 Å². The molecule has 0 amide bonds. The summed E-state index contributed by atoms with van der Waals surface area (Å²) in [4.78, 5) is 37.6. The first-order chi connectivity index (χ1) is 28.4. The van der Waals surface area contributed by atoms with Gasteiger partial charge in [-0.05, 0) is 77.0 Å². The molecule has 1 unspecified atom stereocenters. The first-order valence-electron chi connectivity index (χ1n) is 22.8. The molecule has 0 aromatic rings. The van der Waals surface area contributed by atoms with Gasteiger partial charge in [-0.3, -0.25) is 14.2 Å². The lowest BCUT2D eigenvalue weighted by Crippen LogP contribution is -2.37. The molecular formula is C48H84NO9P. The van der Waals surface area contributed by atoms with Crippen LogP contribution in [0.5, 0.6) is 0 Å². The number of nitrogens with zero attached hydrogens (tertiary/aromatic N) is 1. The number of phosphoric ester groups is 1. The number of esters is 2. The number of ether oxygens (including phenoxy) is 2. The minimum atomic E-state index is -4.69. The van der Waals surface area contributed by atoms with E-state index in [0.29, 0.717) is 30.3 Å². The molecule has 0 aliphatic carbocycles. The average Bonchev–Trinajstić information content (AvgIpc) is 3.18. The number of rotatable bonds is 40. The van der Waals surface area contributed by atoms with Crippen molar-refractivity contribution < 1.29 is 47.2 Å². The predicted molar refractivity (Wildman–Crippen MR) is 242 cm³/mol. The molecule has 0 fully saturated rings. The number of unbranched alkanes of at least 4 members (excludes halogenated alkanes) is 13. The molecule has 10 nitrogen and oxygen atoms in total. The Morgan fingerprint density at radius 2 is 1.14 bits per heavy atom. The molecule has 3 atom stereocenters. The lowest BCUT2D eigenvalue weighted by molar-refractivity contribution is -0.870. The number of quaternary nitrogens is 1. The number of hydrogen-bond donors (Lipinski definition) is 1. The van der Waals surface area contributed by atoms with Crippen LogP contribution in [0.1, 0.15) is 162 Å². The largest absolute Gasteiger partial charge is 0.756 e. The Bertz CT molecular complexity index is 1250. The van der Waals surface area contributed by atoms with Crippen LogP contribution in [0, 0.1) is 0 Å². The molecule has 0 heterocycles. The van der Waals surface area contributed by atoms with Gasteiger partial charge in [0.1, 0.15) is 19.8 Å². The van der Waals surface area contributed by atoms with E-state index in [2.05, 4.69) is 62.5 Å². The number of phosphoric acid groups is 1. The van der Waals surface area contributed by atoms with Gasteiger partial charge >= 0.3 is 11.9 Å². The number of aliphatic hydroxyl groups is 1. The Labute approximate surface area is 360 Å². The van der Waals surface area contributed by atoms with Gasteiger partial charge in [0, 0.05) is 12.8 Å². The fraction of sp³-hybridized carbons (Fsp3) is 0.708. The monoisotopic (exact) mass is 850 g/mol. The normalized spacial score (nSPS) is 14.8. The highest BCUT2D eigenvalue weighted by atomic mass is 31.2. The third-order valence-corrected chi connectivity index (χ3v) is 10.3. The maximum absolute atomic E-state index is 12.7. The smallest absolute Gasteiger partial charge is 0.306 e. The molecule has 0 saturated heterocycles. The summed E-state index contributed by atoms with van der Waals surface area (Å²) in [5.41, 5.74) is 0. The summed E-state index contributed by atoms with van der Waals surface area (Å²) in [7, 11) is 1.03. The minimum Gasteiger partial charge on any atom is -0.756 e. The lowest BCUT2D eigenvalue weighted by atomic mass is 10.1. The molecule has 0 bridgehead atoms. The average molecular weight is 850 g/mol. The first-order valence-corrected chi connectivity index (χ1v) is 24.2. The van der Waals surface area contributed by atoms with E-state index in [1.807, 2.05) is 33.3 Å². The van der Waals surface area contributed by atoms with E-state index in [1.54, 1.807) is 12.2 Å². The van der Waals surface area contributed by atoms with Crippen molar-refractivity contribution >= 4 is 19.8 Å². The molecule has 340 valence electrons. The van der Waals surface area contributed by atoms with E-state index in [9.17, 15) is 24.2 Å². The molecule has 59 heavy (non-hydrogen) atoms. The highest BCUT2D eigenvalue weighted by molar-refractivity contribution is 7.45. The van der Waals surface area contributed by atoms with E-state index in [1.165, 1.54) is 64.2 Å². The summed E-state index contributed by atoms with van der Waals surface area (Å²) < 4.78 is 33.7. The van der Waals surface area contributed by atoms with Gasteiger partial charge in [-0.25, -0.2) is 0 Å². The third-order valence-electron chi connectivity index (χ3n) is 9.30. The van der Waals surface area contributed by atoms with E-state index in [4.69, 9.17) is 18.5 Å². The molecule has 11 heteroatoms.